The molecule has 0 amide bonds. The molecular formula is C13H17IN2O3. The van der Waals surface area contributed by atoms with Gasteiger partial charge in [0.1, 0.15) is 0 Å². The Hall–Kier alpha value is -0.890. The largest absolute Gasteiger partial charge is 0.385 e. The number of rotatable bonds is 5. The molecule has 0 aromatic heterocycles. The molecule has 19 heavy (non-hydrogen) atoms. The summed E-state index contributed by atoms with van der Waals surface area (Å²) >= 11 is 1.99. The monoisotopic (exact) mass is 376 g/mol. The number of ether oxygens (including phenoxy) is 1. The Labute approximate surface area is 126 Å². The molecule has 1 heterocycles. The molecule has 1 N–H and O–H groups in total. The summed E-state index contributed by atoms with van der Waals surface area (Å²) in [5.41, 5.74) is 1.08. The van der Waals surface area contributed by atoms with Gasteiger partial charge in [-0.05, 0) is 60.4 Å². The van der Waals surface area contributed by atoms with E-state index in [2.05, 4.69) is 5.32 Å². The van der Waals surface area contributed by atoms with Crippen molar-refractivity contribution in [1.82, 2.24) is 0 Å². The van der Waals surface area contributed by atoms with Crippen LogP contribution in [0.4, 0.5) is 11.4 Å². The molecule has 0 spiro atoms. The van der Waals surface area contributed by atoms with Gasteiger partial charge in [-0.3, -0.25) is 10.1 Å². The van der Waals surface area contributed by atoms with E-state index in [9.17, 15) is 10.1 Å². The molecule has 0 bridgehead atoms. The van der Waals surface area contributed by atoms with Gasteiger partial charge in [0.25, 0.3) is 5.69 Å². The van der Waals surface area contributed by atoms with Crippen LogP contribution in [0.5, 0.6) is 0 Å². The Bertz CT molecular complexity index is 448. The second-order valence-electron chi connectivity index (χ2n) is 4.63. The van der Waals surface area contributed by atoms with Gasteiger partial charge in [-0.15, -0.1) is 0 Å². The van der Waals surface area contributed by atoms with Crippen LogP contribution in [0.25, 0.3) is 0 Å². The summed E-state index contributed by atoms with van der Waals surface area (Å²) in [4.78, 5) is 10.4. The average Bonchev–Trinajstić information content (AvgIpc) is 2.39. The van der Waals surface area contributed by atoms with Gasteiger partial charge in [-0.25, -0.2) is 0 Å². The predicted molar refractivity (Wildman–Crippen MR) is 82.5 cm³/mol. The van der Waals surface area contributed by atoms with E-state index in [1.54, 1.807) is 18.2 Å². The molecule has 1 atom stereocenters. The maximum atomic E-state index is 10.7. The summed E-state index contributed by atoms with van der Waals surface area (Å²) in [6.45, 7) is 1.71. The van der Waals surface area contributed by atoms with Crippen molar-refractivity contribution in [3.05, 3.63) is 31.9 Å². The minimum atomic E-state index is -0.360. The van der Waals surface area contributed by atoms with Gasteiger partial charge >= 0.3 is 0 Å². The Morgan fingerprint density at radius 1 is 1.47 bits per heavy atom. The molecule has 5 nitrogen and oxygen atoms in total. The van der Waals surface area contributed by atoms with Gasteiger partial charge in [0.2, 0.25) is 0 Å². The standard InChI is InChI=1S/C13H17IN2O3/c14-12-9-10(4-5-13(12)16(17)18)15-7-6-11-3-1-2-8-19-11/h4-5,9,11,15H,1-3,6-8H2. The van der Waals surface area contributed by atoms with Crippen molar-refractivity contribution in [2.24, 2.45) is 0 Å². The minimum Gasteiger partial charge on any atom is -0.385 e. The predicted octanol–water partition coefficient (Wildman–Crippen LogP) is 3.57. The highest BCUT2D eigenvalue weighted by molar-refractivity contribution is 14.1. The van der Waals surface area contributed by atoms with Crippen LogP contribution in [-0.2, 0) is 4.74 Å². The maximum absolute atomic E-state index is 10.7. The topological polar surface area (TPSA) is 64.4 Å². The van der Waals surface area contributed by atoms with Crippen molar-refractivity contribution in [1.29, 1.82) is 0 Å². The summed E-state index contributed by atoms with van der Waals surface area (Å²) in [7, 11) is 0. The van der Waals surface area contributed by atoms with E-state index in [-0.39, 0.29) is 10.6 Å². The minimum absolute atomic E-state index is 0.154. The number of nitro benzene ring substituents is 1. The van der Waals surface area contributed by atoms with Crippen LogP contribution in [0.2, 0.25) is 0 Å². The lowest BCUT2D eigenvalue weighted by molar-refractivity contribution is -0.385. The molecule has 0 radical (unpaired) electrons. The van der Waals surface area contributed by atoms with E-state index in [4.69, 9.17) is 4.74 Å². The molecule has 1 aliphatic heterocycles. The summed E-state index contributed by atoms with van der Waals surface area (Å²) in [6, 6.07) is 5.10. The van der Waals surface area contributed by atoms with Crippen LogP contribution >= 0.6 is 22.6 Å². The highest BCUT2D eigenvalue weighted by Crippen LogP contribution is 2.24. The van der Waals surface area contributed by atoms with Gasteiger partial charge in [0, 0.05) is 24.9 Å². The Kier molecular flexibility index (Phi) is 5.38. The molecule has 6 heteroatoms. The summed E-state index contributed by atoms with van der Waals surface area (Å²) < 4.78 is 6.31. The Morgan fingerprint density at radius 2 is 2.32 bits per heavy atom. The van der Waals surface area contributed by atoms with Gasteiger partial charge in [-0.2, -0.15) is 0 Å². The van der Waals surface area contributed by atoms with Gasteiger partial charge in [-0.1, -0.05) is 0 Å². The highest BCUT2D eigenvalue weighted by atomic mass is 127. The fourth-order valence-corrected chi connectivity index (χ4v) is 2.89. The SMILES string of the molecule is O=[N+]([O-])c1ccc(NCCC2CCCCO2)cc1I. The van der Waals surface area contributed by atoms with Crippen LogP contribution in [0, 0.1) is 13.7 Å². The van der Waals surface area contributed by atoms with Crippen LogP contribution in [-0.4, -0.2) is 24.2 Å². The van der Waals surface area contributed by atoms with Gasteiger partial charge in [0.05, 0.1) is 14.6 Å². The molecule has 0 aliphatic carbocycles. The van der Waals surface area contributed by atoms with E-state index in [1.807, 2.05) is 22.6 Å². The second-order valence-corrected chi connectivity index (χ2v) is 5.79. The fourth-order valence-electron chi connectivity index (χ4n) is 2.18. The molecule has 1 fully saturated rings. The molecular weight excluding hydrogens is 359 g/mol. The summed E-state index contributed by atoms with van der Waals surface area (Å²) in [5.74, 6) is 0. The van der Waals surface area contributed by atoms with E-state index >= 15 is 0 Å². The Morgan fingerprint density at radius 3 is 2.95 bits per heavy atom. The Balaban J connectivity index is 1.82. The zero-order chi connectivity index (χ0) is 13.7. The average molecular weight is 376 g/mol. The van der Waals surface area contributed by atoms with E-state index in [1.165, 1.54) is 12.8 Å². The van der Waals surface area contributed by atoms with E-state index in [0.717, 1.165) is 31.7 Å². The van der Waals surface area contributed by atoms with Crippen LogP contribution < -0.4 is 5.32 Å². The lowest BCUT2D eigenvalue weighted by Crippen LogP contribution is -2.21. The number of nitro groups is 1. The van der Waals surface area contributed by atoms with Crippen molar-refractivity contribution in [2.45, 2.75) is 31.8 Å². The first-order valence-electron chi connectivity index (χ1n) is 6.46. The molecule has 1 aliphatic rings. The van der Waals surface area contributed by atoms with Crippen molar-refractivity contribution in [2.75, 3.05) is 18.5 Å². The lowest BCUT2D eigenvalue weighted by atomic mass is 10.1. The molecule has 104 valence electrons. The molecule has 1 aromatic rings. The molecule has 0 saturated carbocycles. The highest BCUT2D eigenvalue weighted by Gasteiger charge is 2.14. The third kappa shape index (κ3) is 4.31. The normalized spacial score (nSPS) is 19.1. The molecule has 1 aromatic carbocycles. The molecule has 1 saturated heterocycles. The third-order valence-electron chi connectivity index (χ3n) is 3.21. The lowest BCUT2D eigenvalue weighted by Gasteiger charge is -2.22. The van der Waals surface area contributed by atoms with Crippen molar-refractivity contribution < 1.29 is 9.66 Å². The van der Waals surface area contributed by atoms with Crippen molar-refractivity contribution in [3.8, 4) is 0 Å². The van der Waals surface area contributed by atoms with Crippen molar-refractivity contribution >= 4 is 34.0 Å². The maximum Gasteiger partial charge on any atom is 0.282 e. The third-order valence-corrected chi connectivity index (χ3v) is 4.08. The summed E-state index contributed by atoms with van der Waals surface area (Å²) in [5, 5.41) is 14.0. The number of hydrogen-bond donors (Lipinski definition) is 1. The quantitative estimate of drug-likeness (QED) is 0.485. The number of nitrogens with zero attached hydrogens (tertiary/aromatic N) is 1. The smallest absolute Gasteiger partial charge is 0.282 e. The van der Waals surface area contributed by atoms with Crippen LogP contribution in [0.15, 0.2) is 18.2 Å². The number of hydrogen-bond acceptors (Lipinski definition) is 4. The zero-order valence-electron chi connectivity index (χ0n) is 10.6. The van der Waals surface area contributed by atoms with Crippen molar-refractivity contribution in [3.63, 3.8) is 0 Å². The second kappa shape index (κ2) is 7.04. The number of benzene rings is 1. The summed E-state index contributed by atoms with van der Waals surface area (Å²) in [6.07, 6.45) is 4.90. The first kappa shape index (κ1) is 14.5. The van der Waals surface area contributed by atoms with E-state index < -0.39 is 0 Å². The first-order valence-corrected chi connectivity index (χ1v) is 7.54. The van der Waals surface area contributed by atoms with Crippen LogP contribution in [0.1, 0.15) is 25.7 Å². The van der Waals surface area contributed by atoms with Crippen LogP contribution in [0.3, 0.4) is 0 Å². The van der Waals surface area contributed by atoms with E-state index in [0.29, 0.717) is 9.67 Å². The molecule has 1 unspecified atom stereocenters. The number of halogens is 1. The number of anilines is 1. The van der Waals surface area contributed by atoms with Gasteiger partial charge in [0.15, 0.2) is 0 Å². The fraction of sp³-hybridized carbons (Fsp3) is 0.538. The molecule has 2 rings (SSSR count). The zero-order valence-corrected chi connectivity index (χ0v) is 12.8. The first-order chi connectivity index (χ1) is 9.16. The number of nitrogens with one attached hydrogen (secondary N) is 1. The van der Waals surface area contributed by atoms with Gasteiger partial charge < -0.3 is 10.1 Å².